The quantitative estimate of drug-likeness (QED) is 0.0261. The van der Waals surface area contributed by atoms with Crippen molar-refractivity contribution in [1.29, 1.82) is 0 Å². The van der Waals surface area contributed by atoms with E-state index in [1.165, 1.54) is 89.9 Å². The van der Waals surface area contributed by atoms with Gasteiger partial charge in [-0.1, -0.05) is 287 Å². The summed E-state index contributed by atoms with van der Waals surface area (Å²) in [4.78, 5) is 38.3. The zero-order valence-electron chi connectivity index (χ0n) is 53.1. The highest BCUT2D eigenvalue weighted by Crippen LogP contribution is 2.14. The summed E-state index contributed by atoms with van der Waals surface area (Å²) in [7, 11) is 0. The van der Waals surface area contributed by atoms with Crippen LogP contribution in [0.5, 0.6) is 0 Å². The van der Waals surface area contributed by atoms with Crippen molar-refractivity contribution in [3.63, 3.8) is 0 Å². The van der Waals surface area contributed by atoms with Crippen LogP contribution in [0, 0.1) is 0 Å². The number of unbranched alkanes of at least 4 members (excludes halogenated alkanes) is 18. The molecule has 0 aromatic carbocycles. The molecule has 0 aliphatic carbocycles. The Morgan fingerprint density at radius 3 is 0.867 bits per heavy atom. The zero-order chi connectivity index (χ0) is 59.9. The van der Waals surface area contributed by atoms with Gasteiger partial charge in [-0.15, -0.1) is 0 Å². The maximum Gasteiger partial charge on any atom is 0.309 e. The first-order chi connectivity index (χ1) is 41.0. The average Bonchev–Trinajstić information content (AvgIpc) is 3.49. The molecule has 6 heteroatoms. The van der Waals surface area contributed by atoms with Gasteiger partial charge in [-0.25, -0.2) is 0 Å². The molecule has 0 fully saturated rings. The fourth-order valence-electron chi connectivity index (χ4n) is 8.50. The third kappa shape index (κ3) is 67.2. The Balaban J connectivity index is 4.50. The van der Waals surface area contributed by atoms with Crippen molar-refractivity contribution in [2.75, 3.05) is 13.2 Å². The van der Waals surface area contributed by atoms with Crippen LogP contribution in [0.4, 0.5) is 0 Å². The Bertz CT molecular complexity index is 1940. The van der Waals surface area contributed by atoms with Gasteiger partial charge in [0.1, 0.15) is 13.2 Å². The summed E-state index contributed by atoms with van der Waals surface area (Å²) in [5.74, 6) is -1.10. The largest absolute Gasteiger partial charge is 0.462 e. The highest BCUT2D eigenvalue weighted by molar-refractivity contribution is 5.72. The molecule has 0 aliphatic heterocycles. The van der Waals surface area contributed by atoms with E-state index in [4.69, 9.17) is 14.2 Å². The van der Waals surface area contributed by atoms with Crippen LogP contribution in [0.1, 0.15) is 265 Å². The number of hydrogen-bond donors (Lipinski definition) is 0. The number of esters is 3. The van der Waals surface area contributed by atoms with Crippen LogP contribution in [-0.4, -0.2) is 37.2 Å². The summed E-state index contributed by atoms with van der Waals surface area (Å²) in [6, 6.07) is 0. The molecule has 6 nitrogen and oxygen atoms in total. The number of carbonyl (C=O) groups is 3. The normalized spacial score (nSPS) is 13.3. The lowest BCUT2D eigenvalue weighted by molar-refractivity contribution is -0.166. The van der Waals surface area contributed by atoms with Crippen LogP contribution in [0.3, 0.4) is 0 Å². The smallest absolute Gasteiger partial charge is 0.309 e. The minimum Gasteiger partial charge on any atom is -0.462 e. The molecule has 83 heavy (non-hydrogen) atoms. The molecule has 0 saturated carbocycles. The molecular weight excluding hydrogens is 1020 g/mol. The van der Waals surface area contributed by atoms with E-state index in [2.05, 4.69) is 191 Å². The van der Waals surface area contributed by atoms with Gasteiger partial charge < -0.3 is 14.2 Å². The lowest BCUT2D eigenvalue weighted by Gasteiger charge is -2.18. The highest BCUT2D eigenvalue weighted by atomic mass is 16.6. The molecular formula is C77H120O6. The molecule has 0 amide bonds. The van der Waals surface area contributed by atoms with Gasteiger partial charge in [0.15, 0.2) is 6.10 Å². The molecule has 1 atom stereocenters. The average molecular weight is 1140 g/mol. The van der Waals surface area contributed by atoms with Crippen molar-refractivity contribution in [3.8, 4) is 0 Å². The summed E-state index contributed by atoms with van der Waals surface area (Å²) < 4.78 is 16.8. The Morgan fingerprint density at radius 2 is 0.518 bits per heavy atom. The van der Waals surface area contributed by atoms with Gasteiger partial charge in [-0.05, 0) is 141 Å². The Hall–Kier alpha value is -5.49. The second-order valence-electron chi connectivity index (χ2n) is 21.3. The van der Waals surface area contributed by atoms with Crippen LogP contribution in [0.15, 0.2) is 182 Å². The first kappa shape index (κ1) is 77.5. The summed E-state index contributed by atoms with van der Waals surface area (Å²) in [5.41, 5.74) is 0. The molecule has 0 N–H and O–H groups in total. The fraction of sp³-hybridized carbons (Fsp3) is 0.571. The predicted octanol–water partition coefficient (Wildman–Crippen LogP) is 23.2. The van der Waals surface area contributed by atoms with Crippen LogP contribution in [0.2, 0.25) is 0 Å². The van der Waals surface area contributed by atoms with Gasteiger partial charge in [0.25, 0.3) is 0 Å². The maximum atomic E-state index is 12.9. The Morgan fingerprint density at radius 1 is 0.265 bits per heavy atom. The maximum absolute atomic E-state index is 12.9. The zero-order valence-corrected chi connectivity index (χ0v) is 53.1. The second kappa shape index (κ2) is 69.0. The van der Waals surface area contributed by atoms with E-state index >= 15 is 0 Å². The highest BCUT2D eigenvalue weighted by Gasteiger charge is 2.19. The summed E-state index contributed by atoms with van der Waals surface area (Å²) in [6.07, 6.45) is 104. The van der Waals surface area contributed by atoms with Crippen molar-refractivity contribution < 1.29 is 28.6 Å². The van der Waals surface area contributed by atoms with E-state index in [1.54, 1.807) is 6.08 Å². The van der Waals surface area contributed by atoms with E-state index in [0.29, 0.717) is 12.8 Å². The molecule has 0 radical (unpaired) electrons. The molecule has 0 bridgehead atoms. The number of rotatable bonds is 58. The van der Waals surface area contributed by atoms with Gasteiger partial charge in [0, 0.05) is 12.8 Å². The van der Waals surface area contributed by atoms with Crippen molar-refractivity contribution in [2.45, 2.75) is 271 Å². The first-order valence-corrected chi connectivity index (χ1v) is 33.3. The van der Waals surface area contributed by atoms with Crippen molar-refractivity contribution in [2.24, 2.45) is 0 Å². The van der Waals surface area contributed by atoms with E-state index in [1.807, 2.05) is 6.08 Å². The lowest BCUT2D eigenvalue weighted by atomic mass is 10.1. The van der Waals surface area contributed by atoms with E-state index in [-0.39, 0.29) is 31.6 Å². The molecule has 0 aromatic rings. The molecule has 0 heterocycles. The first-order valence-electron chi connectivity index (χ1n) is 33.3. The Labute approximate surface area is 510 Å². The third-order valence-electron chi connectivity index (χ3n) is 13.4. The molecule has 1 unspecified atom stereocenters. The summed E-state index contributed by atoms with van der Waals surface area (Å²) in [5, 5.41) is 0. The predicted molar refractivity (Wildman–Crippen MR) is 361 cm³/mol. The number of carbonyl (C=O) groups excluding carboxylic acids is 3. The van der Waals surface area contributed by atoms with Gasteiger partial charge in [-0.2, -0.15) is 0 Å². The van der Waals surface area contributed by atoms with Crippen LogP contribution < -0.4 is 0 Å². The molecule has 0 rings (SSSR count). The molecule has 0 aromatic heterocycles. The second-order valence-corrected chi connectivity index (χ2v) is 21.3. The molecule has 464 valence electrons. The number of hydrogen-bond acceptors (Lipinski definition) is 6. The summed E-state index contributed by atoms with van der Waals surface area (Å²) >= 11 is 0. The minimum absolute atomic E-state index is 0.112. The standard InChI is InChI=1S/C77H120O6/c1-4-7-10-13-16-19-22-25-28-30-32-33-34-35-36-37-38-39-40-41-42-43-45-46-49-52-55-58-61-64-67-70-76(79)82-73-74(72-81-75(78)69-66-63-60-57-54-51-48-27-24-21-18-15-12-9-6-3)83-77(80)71-68-65-62-59-56-53-50-47-44-31-29-26-23-20-17-14-11-8-5-2/h7,9-10,12,16,18-19,21,25-29,32-33,35-36,38-39,41-42,45-46,48,52,54-55,57,63,66,74H,4-6,8,11,13-15,17,20,22-24,30-31,34,37,40,43-44,47,49-51,53,56,58-62,64-65,67-73H2,1-3H3/b10-7-,12-9-,19-16-,21-18-,28-25-,29-26-,33-32-,36-35-,39-38-,42-41-,46-45-,48-27-,55-52-,57-54-,66-63-. The minimum atomic E-state index is -0.844. The van der Waals surface area contributed by atoms with Gasteiger partial charge >= 0.3 is 17.9 Å². The van der Waals surface area contributed by atoms with Crippen molar-refractivity contribution in [1.82, 2.24) is 0 Å². The van der Waals surface area contributed by atoms with Crippen LogP contribution >= 0.6 is 0 Å². The van der Waals surface area contributed by atoms with Crippen molar-refractivity contribution >= 4 is 17.9 Å². The third-order valence-corrected chi connectivity index (χ3v) is 13.4. The van der Waals surface area contributed by atoms with E-state index in [9.17, 15) is 14.4 Å². The SMILES string of the molecule is CC/C=C\C/C=C\C/C=C\C/C=C\C/C=C\C/C=C\C/C=C\C/C=C\C/C=C\CCCCCC(=O)OCC(COC(=O)C/C=C\C/C=C\C/C=C\C/C=C\C/C=C\CC)OC(=O)CCCCCCCCCCC/C=C\CCCCCCCC. The number of allylic oxidation sites excluding steroid dienone is 29. The summed E-state index contributed by atoms with van der Waals surface area (Å²) in [6.45, 7) is 6.29. The Kier molecular flexibility index (Phi) is 64.4. The van der Waals surface area contributed by atoms with E-state index in [0.717, 1.165) is 135 Å². The van der Waals surface area contributed by atoms with Gasteiger partial charge in [-0.3, -0.25) is 14.4 Å². The van der Waals surface area contributed by atoms with Crippen LogP contribution in [0.25, 0.3) is 0 Å². The molecule has 0 aliphatic rings. The van der Waals surface area contributed by atoms with Crippen molar-refractivity contribution in [3.05, 3.63) is 182 Å². The molecule has 0 spiro atoms. The topological polar surface area (TPSA) is 78.9 Å². The fourth-order valence-corrected chi connectivity index (χ4v) is 8.50. The monoisotopic (exact) mass is 1140 g/mol. The molecule has 0 saturated heterocycles. The van der Waals surface area contributed by atoms with E-state index < -0.39 is 12.1 Å². The van der Waals surface area contributed by atoms with Gasteiger partial charge in [0.2, 0.25) is 0 Å². The van der Waals surface area contributed by atoms with Gasteiger partial charge in [0.05, 0.1) is 6.42 Å². The lowest BCUT2D eigenvalue weighted by Crippen LogP contribution is -2.30. The number of ether oxygens (including phenoxy) is 3. The van der Waals surface area contributed by atoms with Crippen LogP contribution in [-0.2, 0) is 28.6 Å².